The van der Waals surface area contributed by atoms with Gasteiger partial charge in [-0.15, -0.1) is 0 Å². The lowest BCUT2D eigenvalue weighted by molar-refractivity contribution is -0.147. The summed E-state index contributed by atoms with van der Waals surface area (Å²) in [6.45, 7) is 3.37. The minimum absolute atomic E-state index is 0.222. The lowest BCUT2D eigenvalue weighted by Crippen LogP contribution is -2.21. The number of H-pyrrole nitrogens is 1. The first-order valence-corrected chi connectivity index (χ1v) is 8.46. The SMILES string of the molecule is Cc1nn(C)c(C)c1NC(=O)COC(=O)CCc1c[nH]c2ccccc12. The number of hydrogen-bond acceptors (Lipinski definition) is 4. The Bertz CT molecular complexity index is 955. The molecule has 7 heteroatoms. The maximum atomic E-state index is 12.0. The number of amides is 1. The van der Waals surface area contributed by atoms with Crippen LogP contribution in [0.2, 0.25) is 0 Å². The monoisotopic (exact) mass is 354 g/mol. The Labute approximate surface area is 151 Å². The molecule has 0 bridgehead atoms. The zero-order valence-electron chi connectivity index (χ0n) is 15.1. The predicted molar refractivity (Wildman–Crippen MR) is 98.9 cm³/mol. The zero-order valence-corrected chi connectivity index (χ0v) is 15.1. The summed E-state index contributed by atoms with van der Waals surface area (Å²) in [7, 11) is 1.81. The number of hydrogen-bond donors (Lipinski definition) is 2. The Morgan fingerprint density at radius 1 is 1.27 bits per heavy atom. The number of para-hydroxylation sites is 1. The number of carbonyl (C=O) groups is 2. The van der Waals surface area contributed by atoms with Gasteiger partial charge in [-0.2, -0.15) is 5.10 Å². The number of benzene rings is 1. The van der Waals surface area contributed by atoms with E-state index in [0.29, 0.717) is 12.1 Å². The Kier molecular flexibility index (Phi) is 5.06. The fourth-order valence-corrected chi connectivity index (χ4v) is 2.92. The predicted octanol–water partition coefficient (Wildman–Crippen LogP) is 2.63. The Morgan fingerprint density at radius 3 is 2.77 bits per heavy atom. The van der Waals surface area contributed by atoms with Gasteiger partial charge in [0, 0.05) is 30.6 Å². The van der Waals surface area contributed by atoms with Crippen molar-refractivity contribution in [3.05, 3.63) is 47.4 Å². The first-order chi connectivity index (χ1) is 12.5. The number of nitrogens with zero attached hydrogens (tertiary/aromatic N) is 2. The number of aromatic amines is 1. The van der Waals surface area contributed by atoms with Crippen molar-refractivity contribution < 1.29 is 14.3 Å². The molecule has 26 heavy (non-hydrogen) atoms. The van der Waals surface area contributed by atoms with Gasteiger partial charge in [-0.25, -0.2) is 0 Å². The minimum atomic E-state index is -0.398. The Morgan fingerprint density at radius 2 is 2.04 bits per heavy atom. The molecule has 3 rings (SSSR count). The molecule has 7 nitrogen and oxygen atoms in total. The number of esters is 1. The minimum Gasteiger partial charge on any atom is -0.456 e. The number of ether oxygens (including phenoxy) is 1. The topological polar surface area (TPSA) is 89.0 Å². The number of carbonyl (C=O) groups excluding carboxylic acids is 2. The molecule has 2 N–H and O–H groups in total. The molecule has 0 spiro atoms. The van der Waals surface area contributed by atoms with Crippen molar-refractivity contribution in [3.63, 3.8) is 0 Å². The molecule has 2 heterocycles. The number of nitrogens with one attached hydrogen (secondary N) is 2. The third-order valence-corrected chi connectivity index (χ3v) is 4.41. The second kappa shape index (κ2) is 7.43. The number of aromatic nitrogens is 3. The second-order valence-electron chi connectivity index (χ2n) is 6.24. The molecule has 0 aliphatic rings. The first kappa shape index (κ1) is 17.7. The molecule has 0 saturated carbocycles. The van der Waals surface area contributed by atoms with Gasteiger partial charge < -0.3 is 15.0 Å². The van der Waals surface area contributed by atoms with E-state index in [9.17, 15) is 9.59 Å². The average molecular weight is 354 g/mol. The third-order valence-electron chi connectivity index (χ3n) is 4.41. The van der Waals surface area contributed by atoms with E-state index in [4.69, 9.17) is 4.74 Å². The molecule has 0 atom stereocenters. The van der Waals surface area contributed by atoms with E-state index in [1.54, 1.807) is 4.68 Å². The van der Waals surface area contributed by atoms with Crippen molar-refractivity contribution in [2.75, 3.05) is 11.9 Å². The number of rotatable bonds is 6. The number of anilines is 1. The van der Waals surface area contributed by atoms with Gasteiger partial charge in [0.15, 0.2) is 6.61 Å². The quantitative estimate of drug-likeness (QED) is 0.666. The van der Waals surface area contributed by atoms with Crippen LogP contribution in [0.3, 0.4) is 0 Å². The Balaban J connectivity index is 1.48. The van der Waals surface area contributed by atoms with Crippen molar-refractivity contribution in [1.29, 1.82) is 0 Å². The van der Waals surface area contributed by atoms with Crippen LogP contribution in [-0.2, 0) is 27.8 Å². The van der Waals surface area contributed by atoms with Gasteiger partial charge in [0.05, 0.1) is 17.1 Å². The largest absolute Gasteiger partial charge is 0.456 e. The molecule has 1 aromatic carbocycles. The Hall–Kier alpha value is -3.09. The fourth-order valence-electron chi connectivity index (χ4n) is 2.92. The lowest BCUT2D eigenvalue weighted by atomic mass is 10.1. The van der Waals surface area contributed by atoms with Gasteiger partial charge in [0.1, 0.15) is 0 Å². The molecule has 0 aliphatic carbocycles. The molecule has 3 aromatic rings. The van der Waals surface area contributed by atoms with Gasteiger partial charge in [-0.1, -0.05) is 18.2 Å². The maximum absolute atomic E-state index is 12.0. The molecule has 0 aliphatic heterocycles. The maximum Gasteiger partial charge on any atom is 0.306 e. The summed E-state index contributed by atoms with van der Waals surface area (Å²) in [6, 6.07) is 7.92. The summed E-state index contributed by atoms with van der Waals surface area (Å²) in [5.41, 5.74) is 4.33. The summed E-state index contributed by atoms with van der Waals surface area (Å²) >= 11 is 0. The standard InChI is InChI=1S/C19H22N4O3/c1-12-19(13(2)23(3)22-12)21-17(24)11-26-18(25)9-8-14-10-20-16-7-5-4-6-15(14)16/h4-7,10,20H,8-9,11H2,1-3H3,(H,21,24). The third kappa shape index (κ3) is 3.77. The van der Waals surface area contributed by atoms with E-state index in [-0.39, 0.29) is 18.9 Å². The molecule has 0 radical (unpaired) electrons. The van der Waals surface area contributed by atoms with Gasteiger partial charge in [-0.3, -0.25) is 14.3 Å². The van der Waals surface area contributed by atoms with Crippen LogP contribution in [0.15, 0.2) is 30.5 Å². The molecule has 0 fully saturated rings. The van der Waals surface area contributed by atoms with Gasteiger partial charge in [0.2, 0.25) is 0 Å². The van der Waals surface area contributed by atoms with E-state index in [1.807, 2.05) is 51.4 Å². The van der Waals surface area contributed by atoms with E-state index in [0.717, 1.165) is 27.9 Å². The lowest BCUT2D eigenvalue weighted by Gasteiger charge is -2.07. The van der Waals surface area contributed by atoms with E-state index >= 15 is 0 Å². The van der Waals surface area contributed by atoms with Crippen molar-refractivity contribution in [3.8, 4) is 0 Å². The van der Waals surface area contributed by atoms with Crippen LogP contribution in [0.1, 0.15) is 23.4 Å². The molecular formula is C19H22N4O3. The molecule has 1 amide bonds. The van der Waals surface area contributed by atoms with Crippen molar-refractivity contribution in [2.24, 2.45) is 7.05 Å². The molecular weight excluding hydrogens is 332 g/mol. The highest BCUT2D eigenvalue weighted by atomic mass is 16.5. The number of aryl methyl sites for hydroxylation is 3. The van der Waals surface area contributed by atoms with Gasteiger partial charge in [-0.05, 0) is 31.9 Å². The van der Waals surface area contributed by atoms with E-state index < -0.39 is 5.97 Å². The normalized spacial score (nSPS) is 10.9. The van der Waals surface area contributed by atoms with Crippen molar-refractivity contribution in [1.82, 2.24) is 14.8 Å². The molecule has 0 unspecified atom stereocenters. The average Bonchev–Trinajstić information content (AvgIpc) is 3.14. The van der Waals surface area contributed by atoms with Crippen LogP contribution in [-0.4, -0.2) is 33.2 Å². The summed E-state index contributed by atoms with van der Waals surface area (Å²) in [5, 5.41) is 8.07. The fraction of sp³-hybridized carbons (Fsp3) is 0.316. The van der Waals surface area contributed by atoms with Crippen molar-refractivity contribution in [2.45, 2.75) is 26.7 Å². The molecule has 0 saturated heterocycles. The first-order valence-electron chi connectivity index (χ1n) is 8.46. The summed E-state index contributed by atoms with van der Waals surface area (Å²) < 4.78 is 6.78. The van der Waals surface area contributed by atoms with Crippen LogP contribution in [0, 0.1) is 13.8 Å². The van der Waals surface area contributed by atoms with E-state index in [2.05, 4.69) is 15.4 Å². The van der Waals surface area contributed by atoms with Gasteiger partial charge >= 0.3 is 5.97 Å². The molecule has 136 valence electrons. The van der Waals surface area contributed by atoms with Crippen molar-refractivity contribution >= 4 is 28.5 Å². The van der Waals surface area contributed by atoms with Gasteiger partial charge in [0.25, 0.3) is 5.91 Å². The van der Waals surface area contributed by atoms with Crippen LogP contribution in [0.4, 0.5) is 5.69 Å². The second-order valence-corrected chi connectivity index (χ2v) is 6.24. The zero-order chi connectivity index (χ0) is 18.7. The highest BCUT2D eigenvalue weighted by Gasteiger charge is 2.14. The van der Waals surface area contributed by atoms with Crippen LogP contribution >= 0.6 is 0 Å². The van der Waals surface area contributed by atoms with Crippen LogP contribution < -0.4 is 5.32 Å². The summed E-state index contributed by atoms with van der Waals surface area (Å²) in [4.78, 5) is 27.1. The van der Waals surface area contributed by atoms with E-state index in [1.165, 1.54) is 0 Å². The highest BCUT2D eigenvalue weighted by Crippen LogP contribution is 2.19. The smallest absolute Gasteiger partial charge is 0.306 e. The van der Waals surface area contributed by atoms with Crippen LogP contribution in [0.5, 0.6) is 0 Å². The molecule has 2 aromatic heterocycles. The summed E-state index contributed by atoms with van der Waals surface area (Å²) in [5.74, 6) is -0.769. The number of fused-ring (bicyclic) bond motifs is 1. The van der Waals surface area contributed by atoms with Crippen LogP contribution in [0.25, 0.3) is 10.9 Å². The highest BCUT2D eigenvalue weighted by molar-refractivity contribution is 5.93. The summed E-state index contributed by atoms with van der Waals surface area (Å²) in [6.07, 6.45) is 2.68.